The highest BCUT2D eigenvalue weighted by atomic mass is 35.5. The number of hydrogen-bond donors (Lipinski definition) is 2. The van der Waals surface area contributed by atoms with Crippen LogP contribution in [0.1, 0.15) is 29.2 Å². The van der Waals surface area contributed by atoms with Gasteiger partial charge < -0.3 is 10.8 Å². The van der Waals surface area contributed by atoms with Crippen LogP contribution in [-0.2, 0) is 6.42 Å². The average Bonchev–Trinajstić information content (AvgIpc) is 2.96. The zero-order valence-electron chi connectivity index (χ0n) is 11.6. The van der Waals surface area contributed by atoms with Crippen molar-refractivity contribution in [2.24, 2.45) is 5.73 Å². The molecule has 0 radical (unpaired) electrons. The quantitative estimate of drug-likeness (QED) is 0.778. The molecule has 2 unspecified atom stereocenters. The van der Waals surface area contributed by atoms with Crippen molar-refractivity contribution in [2.75, 3.05) is 6.54 Å². The Labute approximate surface area is 139 Å². The molecule has 2 nitrogen and oxygen atoms in total. The van der Waals surface area contributed by atoms with Crippen molar-refractivity contribution in [3.63, 3.8) is 0 Å². The van der Waals surface area contributed by atoms with E-state index in [1.54, 1.807) is 29.5 Å². The summed E-state index contributed by atoms with van der Waals surface area (Å²) >= 11 is 14.2. The van der Waals surface area contributed by atoms with Crippen molar-refractivity contribution in [3.05, 3.63) is 56.2 Å². The summed E-state index contributed by atoms with van der Waals surface area (Å²) < 4.78 is 0. The minimum atomic E-state index is -0.535. The summed E-state index contributed by atoms with van der Waals surface area (Å²) in [6.45, 7) is 0.323. The van der Waals surface area contributed by atoms with Gasteiger partial charge in [-0.15, -0.1) is 11.3 Å². The van der Waals surface area contributed by atoms with Crippen molar-refractivity contribution in [3.8, 4) is 0 Å². The lowest BCUT2D eigenvalue weighted by Crippen LogP contribution is -2.26. The molecule has 0 amide bonds. The predicted octanol–water partition coefficient (Wildman–Crippen LogP) is 4.48. The first-order valence-corrected chi connectivity index (χ1v) is 8.61. The van der Waals surface area contributed by atoms with Crippen molar-refractivity contribution >= 4 is 34.5 Å². The van der Waals surface area contributed by atoms with E-state index in [1.165, 1.54) is 4.88 Å². The first-order valence-electron chi connectivity index (χ1n) is 6.98. The van der Waals surface area contributed by atoms with Crippen LogP contribution in [0.15, 0.2) is 35.7 Å². The highest BCUT2D eigenvalue weighted by molar-refractivity contribution is 7.09. The third-order valence-corrected chi connectivity index (χ3v) is 5.19. The second-order valence-electron chi connectivity index (χ2n) is 5.02. The molecule has 0 aliphatic carbocycles. The van der Waals surface area contributed by atoms with Crippen LogP contribution in [-0.4, -0.2) is 17.8 Å². The molecular weight excluding hydrogens is 325 g/mol. The summed E-state index contributed by atoms with van der Waals surface area (Å²) in [7, 11) is 0. The minimum absolute atomic E-state index is 0.227. The summed E-state index contributed by atoms with van der Waals surface area (Å²) in [4.78, 5) is 1.34. The van der Waals surface area contributed by atoms with Crippen LogP contribution >= 0.6 is 34.5 Å². The van der Waals surface area contributed by atoms with Gasteiger partial charge in [0.1, 0.15) is 0 Å². The van der Waals surface area contributed by atoms with Crippen LogP contribution in [0.4, 0.5) is 0 Å². The van der Waals surface area contributed by atoms with Gasteiger partial charge in [0.25, 0.3) is 0 Å². The fraction of sp³-hybridized carbons (Fsp3) is 0.375. The van der Waals surface area contributed by atoms with Gasteiger partial charge in [0.05, 0.1) is 6.10 Å². The van der Waals surface area contributed by atoms with E-state index >= 15 is 0 Å². The molecular formula is C16H19Cl2NOS. The van der Waals surface area contributed by atoms with Crippen LogP contribution in [0.3, 0.4) is 0 Å². The van der Waals surface area contributed by atoms with E-state index in [0.717, 1.165) is 18.4 Å². The number of rotatable bonds is 7. The molecule has 21 heavy (non-hydrogen) atoms. The second kappa shape index (κ2) is 8.16. The number of aliphatic hydroxyl groups is 1. The molecule has 1 aromatic heterocycles. The topological polar surface area (TPSA) is 46.2 Å². The Kier molecular flexibility index (Phi) is 6.52. The molecule has 3 N–H and O–H groups in total. The van der Waals surface area contributed by atoms with Gasteiger partial charge in [-0.1, -0.05) is 35.3 Å². The number of halogens is 2. The Hall–Kier alpha value is -0.580. The Balaban J connectivity index is 1.99. The van der Waals surface area contributed by atoms with Crippen LogP contribution < -0.4 is 5.73 Å². The summed E-state index contributed by atoms with van der Waals surface area (Å²) in [5.74, 6) is -0.227. The van der Waals surface area contributed by atoms with Gasteiger partial charge in [-0.2, -0.15) is 0 Å². The second-order valence-corrected chi connectivity index (χ2v) is 6.86. The highest BCUT2D eigenvalue weighted by Crippen LogP contribution is 2.34. The van der Waals surface area contributed by atoms with Crippen LogP contribution in [0.2, 0.25) is 10.0 Å². The zero-order valence-corrected chi connectivity index (χ0v) is 14.0. The van der Waals surface area contributed by atoms with E-state index in [0.29, 0.717) is 23.0 Å². The molecule has 0 spiro atoms. The van der Waals surface area contributed by atoms with Gasteiger partial charge in [-0.05, 0) is 48.4 Å². The van der Waals surface area contributed by atoms with Crippen molar-refractivity contribution in [1.29, 1.82) is 0 Å². The smallest absolute Gasteiger partial charge is 0.0622 e. The lowest BCUT2D eigenvalue weighted by atomic mass is 9.90. The summed E-state index contributed by atoms with van der Waals surface area (Å²) in [5.41, 5.74) is 6.59. The molecule has 0 bridgehead atoms. The first kappa shape index (κ1) is 16.8. The molecule has 0 fully saturated rings. The molecule has 0 aliphatic heterocycles. The van der Waals surface area contributed by atoms with Gasteiger partial charge >= 0.3 is 0 Å². The number of aliphatic hydroxyl groups excluding tert-OH is 1. The molecule has 0 aliphatic rings. The van der Waals surface area contributed by atoms with Gasteiger partial charge in [0.15, 0.2) is 0 Å². The highest BCUT2D eigenvalue weighted by Gasteiger charge is 2.24. The first-order chi connectivity index (χ1) is 10.1. The molecule has 1 aromatic carbocycles. The van der Waals surface area contributed by atoms with E-state index in [-0.39, 0.29) is 5.92 Å². The monoisotopic (exact) mass is 343 g/mol. The van der Waals surface area contributed by atoms with Crippen LogP contribution in [0.25, 0.3) is 0 Å². The number of hydrogen-bond acceptors (Lipinski definition) is 3. The molecule has 5 heteroatoms. The molecule has 2 aromatic rings. The van der Waals surface area contributed by atoms with E-state index in [4.69, 9.17) is 28.9 Å². The van der Waals surface area contributed by atoms with Gasteiger partial charge in [-0.25, -0.2) is 0 Å². The number of benzene rings is 1. The molecule has 2 rings (SSSR count). The Morgan fingerprint density at radius 3 is 2.43 bits per heavy atom. The minimum Gasteiger partial charge on any atom is -0.392 e. The Bertz CT molecular complexity index is 539. The van der Waals surface area contributed by atoms with Crippen molar-refractivity contribution in [1.82, 2.24) is 0 Å². The predicted molar refractivity (Wildman–Crippen MR) is 91.5 cm³/mol. The van der Waals surface area contributed by atoms with E-state index in [9.17, 15) is 5.11 Å². The maximum Gasteiger partial charge on any atom is 0.0622 e. The normalized spacial score (nSPS) is 14.1. The molecule has 0 saturated heterocycles. The third kappa shape index (κ3) is 4.44. The van der Waals surface area contributed by atoms with Gasteiger partial charge in [0, 0.05) is 27.4 Å². The molecule has 2 atom stereocenters. The van der Waals surface area contributed by atoms with Crippen LogP contribution in [0.5, 0.6) is 0 Å². The summed E-state index contributed by atoms with van der Waals surface area (Å²) in [6.07, 6.45) is 2.04. The van der Waals surface area contributed by atoms with E-state index < -0.39 is 6.10 Å². The summed E-state index contributed by atoms with van der Waals surface area (Å²) in [6, 6.07) is 9.52. The molecule has 0 saturated carbocycles. The molecule has 114 valence electrons. The number of nitrogens with two attached hydrogens (primary N) is 1. The maximum atomic E-state index is 10.4. The average molecular weight is 344 g/mol. The van der Waals surface area contributed by atoms with Gasteiger partial charge in [-0.3, -0.25) is 0 Å². The molecule has 1 heterocycles. The van der Waals surface area contributed by atoms with Gasteiger partial charge in [0.2, 0.25) is 0 Å². The SMILES string of the molecule is NCC(c1c(Cl)cccc1Cl)C(O)CCCc1cccs1. The Morgan fingerprint density at radius 1 is 1.14 bits per heavy atom. The fourth-order valence-electron chi connectivity index (χ4n) is 2.47. The lowest BCUT2D eigenvalue weighted by molar-refractivity contribution is 0.133. The maximum absolute atomic E-state index is 10.4. The summed E-state index contributed by atoms with van der Waals surface area (Å²) in [5, 5.41) is 13.6. The standard InChI is InChI=1S/C16H19Cl2NOS/c17-13-6-2-7-14(18)16(13)12(10-19)15(20)8-1-4-11-5-3-9-21-11/h2-3,5-7,9,12,15,20H,1,4,8,10,19H2. The number of aryl methyl sites for hydroxylation is 1. The van der Waals surface area contributed by atoms with E-state index in [2.05, 4.69) is 11.4 Å². The fourth-order valence-corrected chi connectivity index (χ4v) is 3.90. The lowest BCUT2D eigenvalue weighted by Gasteiger charge is -2.23. The van der Waals surface area contributed by atoms with Crippen LogP contribution in [0, 0.1) is 0 Å². The largest absolute Gasteiger partial charge is 0.392 e. The van der Waals surface area contributed by atoms with Crippen molar-refractivity contribution < 1.29 is 5.11 Å². The van der Waals surface area contributed by atoms with E-state index in [1.807, 2.05) is 6.07 Å². The van der Waals surface area contributed by atoms with Crippen molar-refractivity contribution in [2.45, 2.75) is 31.3 Å². The Morgan fingerprint density at radius 2 is 1.86 bits per heavy atom. The number of thiophene rings is 1. The third-order valence-electron chi connectivity index (χ3n) is 3.59. The zero-order chi connectivity index (χ0) is 15.2.